The number of hydrogen-bond donors (Lipinski definition) is 1. The van der Waals surface area contributed by atoms with Crippen LogP contribution in [0, 0.1) is 20.8 Å². The van der Waals surface area contributed by atoms with Gasteiger partial charge in [-0.1, -0.05) is 31.2 Å². The lowest BCUT2D eigenvalue weighted by Crippen LogP contribution is -2.30. The number of carbonyl (C=O) groups is 1. The summed E-state index contributed by atoms with van der Waals surface area (Å²) >= 11 is 0. The topological polar surface area (TPSA) is 38.3 Å². The minimum atomic E-state index is -0.556. The van der Waals surface area contributed by atoms with Crippen LogP contribution in [-0.2, 0) is 11.2 Å². The van der Waals surface area contributed by atoms with Gasteiger partial charge in [-0.2, -0.15) is 0 Å². The van der Waals surface area contributed by atoms with Gasteiger partial charge in [-0.3, -0.25) is 4.79 Å². The van der Waals surface area contributed by atoms with Gasteiger partial charge >= 0.3 is 0 Å². The molecule has 0 spiro atoms. The van der Waals surface area contributed by atoms with Crippen molar-refractivity contribution in [3.8, 4) is 5.75 Å². The van der Waals surface area contributed by atoms with Gasteiger partial charge in [-0.25, -0.2) is 0 Å². The Morgan fingerprint density at radius 1 is 1.17 bits per heavy atom. The first-order valence-corrected chi connectivity index (χ1v) is 8.05. The lowest BCUT2D eigenvalue weighted by molar-refractivity contribution is -0.122. The van der Waals surface area contributed by atoms with Gasteiger partial charge < -0.3 is 10.1 Å². The average molecular weight is 311 g/mol. The van der Waals surface area contributed by atoms with Crippen molar-refractivity contribution in [3.63, 3.8) is 0 Å². The van der Waals surface area contributed by atoms with Gasteiger partial charge in [-0.05, 0) is 68.5 Å². The summed E-state index contributed by atoms with van der Waals surface area (Å²) in [5.74, 6) is 0.637. The highest BCUT2D eigenvalue weighted by Gasteiger charge is 2.17. The van der Waals surface area contributed by atoms with E-state index < -0.39 is 6.10 Å². The van der Waals surface area contributed by atoms with Gasteiger partial charge in [0.15, 0.2) is 6.10 Å². The minimum Gasteiger partial charge on any atom is -0.481 e. The molecule has 1 atom stereocenters. The van der Waals surface area contributed by atoms with E-state index in [2.05, 4.69) is 25.2 Å². The fourth-order valence-electron chi connectivity index (χ4n) is 2.55. The van der Waals surface area contributed by atoms with Crippen LogP contribution in [0.25, 0.3) is 0 Å². The molecule has 0 radical (unpaired) electrons. The van der Waals surface area contributed by atoms with Crippen molar-refractivity contribution in [1.29, 1.82) is 0 Å². The summed E-state index contributed by atoms with van der Waals surface area (Å²) in [6.45, 7) is 9.95. The summed E-state index contributed by atoms with van der Waals surface area (Å²) in [5.41, 5.74) is 5.35. The molecular weight excluding hydrogens is 286 g/mol. The molecule has 2 aromatic rings. The molecule has 0 heterocycles. The van der Waals surface area contributed by atoms with Gasteiger partial charge in [0.2, 0.25) is 0 Å². The summed E-state index contributed by atoms with van der Waals surface area (Å²) in [4.78, 5) is 12.4. The molecule has 1 amide bonds. The van der Waals surface area contributed by atoms with Crippen LogP contribution < -0.4 is 10.1 Å². The third-order valence-corrected chi connectivity index (χ3v) is 4.09. The van der Waals surface area contributed by atoms with Crippen LogP contribution in [0.1, 0.15) is 36.1 Å². The van der Waals surface area contributed by atoms with Crippen molar-refractivity contribution in [1.82, 2.24) is 0 Å². The van der Waals surface area contributed by atoms with E-state index in [4.69, 9.17) is 4.74 Å². The number of anilines is 1. The third kappa shape index (κ3) is 4.13. The van der Waals surface area contributed by atoms with E-state index in [9.17, 15) is 4.79 Å². The SMILES string of the molecule is CCc1ccccc1NC(=O)[C@@H](C)Oc1cc(C)cc(C)c1C. The molecule has 0 saturated heterocycles. The van der Waals surface area contributed by atoms with Crippen molar-refractivity contribution < 1.29 is 9.53 Å². The Kier molecular flexibility index (Phi) is 5.43. The van der Waals surface area contributed by atoms with Crippen molar-refractivity contribution >= 4 is 11.6 Å². The monoisotopic (exact) mass is 311 g/mol. The van der Waals surface area contributed by atoms with E-state index in [1.54, 1.807) is 6.92 Å². The second-order valence-corrected chi connectivity index (χ2v) is 5.96. The Labute approximate surface area is 138 Å². The molecule has 0 bridgehead atoms. The van der Waals surface area contributed by atoms with Crippen LogP contribution in [0.3, 0.4) is 0 Å². The Hall–Kier alpha value is -2.29. The number of aryl methyl sites for hydroxylation is 3. The Morgan fingerprint density at radius 3 is 2.57 bits per heavy atom. The quantitative estimate of drug-likeness (QED) is 0.877. The zero-order chi connectivity index (χ0) is 17.0. The molecule has 0 unspecified atom stereocenters. The van der Waals surface area contributed by atoms with Gasteiger partial charge in [0.1, 0.15) is 5.75 Å². The number of rotatable bonds is 5. The zero-order valence-corrected chi connectivity index (χ0v) is 14.6. The fourth-order valence-corrected chi connectivity index (χ4v) is 2.55. The zero-order valence-electron chi connectivity index (χ0n) is 14.6. The maximum absolute atomic E-state index is 12.4. The Balaban J connectivity index is 2.12. The predicted octanol–water partition coefficient (Wildman–Crippen LogP) is 4.58. The summed E-state index contributed by atoms with van der Waals surface area (Å²) < 4.78 is 5.90. The molecule has 0 fully saturated rings. The number of benzene rings is 2. The summed E-state index contributed by atoms with van der Waals surface area (Å²) in [6.07, 6.45) is 0.321. The van der Waals surface area contributed by atoms with Crippen LogP contribution in [0.4, 0.5) is 5.69 Å². The van der Waals surface area contributed by atoms with E-state index in [0.29, 0.717) is 0 Å². The first kappa shape index (κ1) is 17.1. The van der Waals surface area contributed by atoms with E-state index >= 15 is 0 Å². The van der Waals surface area contributed by atoms with Gasteiger partial charge in [-0.15, -0.1) is 0 Å². The molecule has 23 heavy (non-hydrogen) atoms. The summed E-state index contributed by atoms with van der Waals surface area (Å²) in [7, 11) is 0. The number of nitrogens with one attached hydrogen (secondary N) is 1. The van der Waals surface area contributed by atoms with Gasteiger partial charge in [0.25, 0.3) is 5.91 Å². The van der Waals surface area contributed by atoms with E-state index in [1.165, 1.54) is 5.56 Å². The highest BCUT2D eigenvalue weighted by atomic mass is 16.5. The smallest absolute Gasteiger partial charge is 0.265 e. The molecule has 0 aliphatic carbocycles. The summed E-state index contributed by atoms with van der Waals surface area (Å²) in [5, 5.41) is 2.97. The minimum absolute atomic E-state index is 0.135. The molecule has 0 saturated carbocycles. The number of hydrogen-bond acceptors (Lipinski definition) is 2. The van der Waals surface area contributed by atoms with Crippen molar-refractivity contribution in [3.05, 3.63) is 58.7 Å². The second-order valence-electron chi connectivity index (χ2n) is 5.96. The van der Waals surface area contributed by atoms with Crippen LogP contribution >= 0.6 is 0 Å². The van der Waals surface area contributed by atoms with E-state index in [-0.39, 0.29) is 5.91 Å². The first-order valence-electron chi connectivity index (χ1n) is 8.05. The summed E-state index contributed by atoms with van der Waals surface area (Å²) in [6, 6.07) is 11.9. The van der Waals surface area contributed by atoms with E-state index in [0.717, 1.165) is 34.5 Å². The van der Waals surface area contributed by atoms with Crippen LogP contribution in [0.15, 0.2) is 36.4 Å². The van der Waals surface area contributed by atoms with Crippen LogP contribution in [-0.4, -0.2) is 12.0 Å². The molecule has 0 aliphatic heterocycles. The lowest BCUT2D eigenvalue weighted by atomic mass is 10.1. The van der Waals surface area contributed by atoms with E-state index in [1.807, 2.05) is 44.2 Å². The largest absolute Gasteiger partial charge is 0.481 e. The fraction of sp³-hybridized carbons (Fsp3) is 0.350. The second kappa shape index (κ2) is 7.32. The molecule has 0 aliphatic rings. The Bertz CT molecular complexity index is 707. The number of ether oxygens (including phenoxy) is 1. The molecule has 3 nitrogen and oxygen atoms in total. The maximum atomic E-state index is 12.4. The first-order chi connectivity index (χ1) is 10.9. The molecule has 2 aromatic carbocycles. The van der Waals surface area contributed by atoms with Crippen LogP contribution in [0.2, 0.25) is 0 Å². The highest BCUT2D eigenvalue weighted by Crippen LogP contribution is 2.24. The number of amides is 1. The lowest BCUT2D eigenvalue weighted by Gasteiger charge is -2.18. The van der Waals surface area contributed by atoms with Crippen LogP contribution in [0.5, 0.6) is 5.75 Å². The number of carbonyl (C=O) groups excluding carboxylic acids is 1. The maximum Gasteiger partial charge on any atom is 0.265 e. The molecule has 1 N–H and O–H groups in total. The number of para-hydroxylation sites is 1. The average Bonchev–Trinajstić information content (AvgIpc) is 2.52. The standard InChI is InChI=1S/C20H25NO2/c1-6-17-9-7-8-10-18(17)21-20(22)16(5)23-19-12-13(2)11-14(3)15(19)4/h7-12,16H,6H2,1-5H3,(H,21,22)/t16-/m1/s1. The van der Waals surface area contributed by atoms with Gasteiger partial charge in [0, 0.05) is 5.69 Å². The predicted molar refractivity (Wildman–Crippen MR) is 95.2 cm³/mol. The molecular formula is C20H25NO2. The molecule has 0 aromatic heterocycles. The molecule has 2 rings (SSSR count). The molecule has 122 valence electrons. The van der Waals surface area contributed by atoms with Gasteiger partial charge in [0.05, 0.1) is 0 Å². The highest BCUT2D eigenvalue weighted by molar-refractivity contribution is 5.94. The third-order valence-electron chi connectivity index (χ3n) is 4.09. The van der Waals surface area contributed by atoms with Crippen molar-refractivity contribution in [2.45, 2.75) is 47.1 Å². The van der Waals surface area contributed by atoms with Crippen molar-refractivity contribution in [2.75, 3.05) is 5.32 Å². The normalized spacial score (nSPS) is 11.9. The van der Waals surface area contributed by atoms with Crippen molar-refractivity contribution in [2.24, 2.45) is 0 Å². The Morgan fingerprint density at radius 2 is 1.87 bits per heavy atom. The molecule has 3 heteroatoms.